The average Bonchev–Trinajstić information content (AvgIpc) is 2.64. The van der Waals surface area contributed by atoms with E-state index in [0.29, 0.717) is 41.2 Å². The highest BCUT2D eigenvalue weighted by Gasteiger charge is 2.31. The molecule has 1 amide bonds. The molecule has 1 fully saturated rings. The highest BCUT2D eigenvalue weighted by Crippen LogP contribution is 2.30. The number of carbonyl (C=O) groups excluding carboxylic acids is 1. The molecular formula is C20H22Cl2N2O3S. The normalized spacial score (nSPS) is 20.7. The summed E-state index contributed by atoms with van der Waals surface area (Å²) in [6, 6.07) is 10.9. The maximum atomic E-state index is 12.9. The molecule has 0 bridgehead atoms. The number of nitrogens with one attached hydrogen (secondary N) is 1. The largest absolute Gasteiger partial charge is 0.321 e. The van der Waals surface area contributed by atoms with Crippen LogP contribution in [0.1, 0.15) is 30.6 Å². The maximum Gasteiger partial charge on any atom is 0.255 e. The van der Waals surface area contributed by atoms with Crippen molar-refractivity contribution in [2.75, 3.05) is 18.4 Å². The van der Waals surface area contributed by atoms with E-state index in [1.807, 2.05) is 0 Å². The maximum absolute atomic E-state index is 12.9. The lowest BCUT2D eigenvalue weighted by molar-refractivity contribution is 0.102. The van der Waals surface area contributed by atoms with Crippen molar-refractivity contribution < 1.29 is 13.2 Å². The first-order valence-electron chi connectivity index (χ1n) is 9.04. The molecule has 2 unspecified atom stereocenters. The lowest BCUT2D eigenvalue weighted by Gasteiger charge is -2.34. The highest BCUT2D eigenvalue weighted by molar-refractivity contribution is 7.89. The molecule has 0 spiro atoms. The van der Waals surface area contributed by atoms with Crippen molar-refractivity contribution in [2.24, 2.45) is 11.8 Å². The van der Waals surface area contributed by atoms with Crippen molar-refractivity contribution in [3.8, 4) is 0 Å². The molecule has 2 aromatic rings. The lowest BCUT2D eigenvalue weighted by Crippen LogP contribution is -2.42. The number of amides is 1. The fourth-order valence-electron chi connectivity index (χ4n) is 3.52. The van der Waals surface area contributed by atoms with E-state index in [1.54, 1.807) is 18.2 Å². The molecule has 1 aliphatic rings. The second-order valence-corrected chi connectivity index (χ2v) is 10.1. The summed E-state index contributed by atoms with van der Waals surface area (Å²) in [5.41, 5.74) is 0.725. The summed E-state index contributed by atoms with van der Waals surface area (Å²) in [6.07, 6.45) is 1.02. The zero-order chi connectivity index (χ0) is 20.5. The summed E-state index contributed by atoms with van der Waals surface area (Å²) in [5, 5.41) is 3.28. The molecule has 1 saturated heterocycles. The molecule has 0 saturated carbocycles. The standard InChI is InChI=1S/C20H22Cl2N2O3S/c1-13-10-14(2)12-24(11-13)28(26,27)16-8-6-15(7-9-16)20(25)23-18-5-3-4-17(21)19(18)22/h3-9,13-14H,10-12H2,1-2H3,(H,23,25). The van der Waals surface area contributed by atoms with Crippen molar-refractivity contribution >= 4 is 44.8 Å². The Bertz CT molecular complexity index is 967. The Morgan fingerprint density at radius 1 is 1.04 bits per heavy atom. The van der Waals surface area contributed by atoms with E-state index in [1.165, 1.54) is 28.6 Å². The minimum Gasteiger partial charge on any atom is -0.321 e. The van der Waals surface area contributed by atoms with E-state index in [9.17, 15) is 13.2 Å². The van der Waals surface area contributed by atoms with Crippen LogP contribution in [0.3, 0.4) is 0 Å². The second-order valence-electron chi connectivity index (χ2n) is 7.35. The Balaban J connectivity index is 1.77. The van der Waals surface area contributed by atoms with Gasteiger partial charge in [0.15, 0.2) is 0 Å². The van der Waals surface area contributed by atoms with Gasteiger partial charge < -0.3 is 5.32 Å². The third kappa shape index (κ3) is 4.51. The monoisotopic (exact) mass is 440 g/mol. The average molecular weight is 441 g/mol. The van der Waals surface area contributed by atoms with E-state index < -0.39 is 15.9 Å². The van der Waals surface area contributed by atoms with Crippen molar-refractivity contribution in [3.05, 3.63) is 58.1 Å². The van der Waals surface area contributed by atoms with E-state index in [2.05, 4.69) is 19.2 Å². The van der Waals surface area contributed by atoms with Crippen LogP contribution in [0.25, 0.3) is 0 Å². The number of nitrogens with zero attached hydrogens (tertiary/aromatic N) is 1. The van der Waals surface area contributed by atoms with Gasteiger partial charge in [-0.05, 0) is 54.7 Å². The molecule has 28 heavy (non-hydrogen) atoms. The summed E-state index contributed by atoms with van der Waals surface area (Å²) >= 11 is 12.0. The van der Waals surface area contributed by atoms with Crippen LogP contribution in [0.4, 0.5) is 5.69 Å². The van der Waals surface area contributed by atoms with E-state index >= 15 is 0 Å². The van der Waals surface area contributed by atoms with Gasteiger partial charge in [0.1, 0.15) is 0 Å². The molecule has 0 aliphatic carbocycles. The molecular weight excluding hydrogens is 419 g/mol. The van der Waals surface area contributed by atoms with Gasteiger partial charge in [-0.1, -0.05) is 43.1 Å². The Labute approximate surface area is 175 Å². The van der Waals surface area contributed by atoms with Gasteiger partial charge in [0.2, 0.25) is 10.0 Å². The SMILES string of the molecule is CC1CC(C)CN(S(=O)(=O)c2ccc(C(=O)Nc3cccc(Cl)c3Cl)cc2)C1. The van der Waals surface area contributed by atoms with Gasteiger partial charge in [0.05, 0.1) is 20.6 Å². The summed E-state index contributed by atoms with van der Waals surface area (Å²) in [5.74, 6) is 0.255. The first-order valence-corrected chi connectivity index (χ1v) is 11.2. The summed E-state index contributed by atoms with van der Waals surface area (Å²) < 4.78 is 27.4. The number of hydrogen-bond donors (Lipinski definition) is 1. The van der Waals surface area contributed by atoms with Gasteiger partial charge in [-0.25, -0.2) is 8.42 Å². The van der Waals surface area contributed by atoms with E-state index in [-0.39, 0.29) is 9.92 Å². The molecule has 1 N–H and O–H groups in total. The van der Waals surface area contributed by atoms with Gasteiger partial charge in [0, 0.05) is 18.7 Å². The van der Waals surface area contributed by atoms with Crippen molar-refractivity contribution in [1.82, 2.24) is 4.31 Å². The first kappa shape index (κ1) is 21.1. The molecule has 2 aromatic carbocycles. The zero-order valence-corrected chi connectivity index (χ0v) is 18.0. The fourth-order valence-corrected chi connectivity index (χ4v) is 5.55. The van der Waals surface area contributed by atoms with Crippen LogP contribution < -0.4 is 5.32 Å². The minimum atomic E-state index is -3.58. The topological polar surface area (TPSA) is 66.5 Å². The van der Waals surface area contributed by atoms with Gasteiger partial charge in [-0.3, -0.25) is 4.79 Å². The molecule has 0 radical (unpaired) electrons. The molecule has 8 heteroatoms. The number of halogens is 2. The summed E-state index contributed by atoms with van der Waals surface area (Å²) in [4.78, 5) is 12.6. The number of piperidine rings is 1. The number of benzene rings is 2. The summed E-state index contributed by atoms with van der Waals surface area (Å²) in [7, 11) is -3.58. The zero-order valence-electron chi connectivity index (χ0n) is 15.7. The van der Waals surface area contributed by atoms with Gasteiger partial charge in [-0.2, -0.15) is 4.31 Å². The van der Waals surface area contributed by atoms with Crippen LogP contribution in [0.2, 0.25) is 10.0 Å². The first-order chi connectivity index (χ1) is 13.2. The Kier molecular flexibility index (Phi) is 6.34. The van der Waals surface area contributed by atoms with Crippen LogP contribution in [0.15, 0.2) is 47.4 Å². The quantitative estimate of drug-likeness (QED) is 0.733. The van der Waals surface area contributed by atoms with Crippen LogP contribution in [0.5, 0.6) is 0 Å². The fraction of sp³-hybridized carbons (Fsp3) is 0.350. The summed E-state index contributed by atoms with van der Waals surface area (Å²) in [6.45, 7) is 5.16. The van der Waals surface area contributed by atoms with Crippen LogP contribution in [0, 0.1) is 11.8 Å². The van der Waals surface area contributed by atoms with E-state index in [0.717, 1.165) is 6.42 Å². The van der Waals surface area contributed by atoms with Gasteiger partial charge >= 0.3 is 0 Å². The number of hydrogen-bond acceptors (Lipinski definition) is 3. The highest BCUT2D eigenvalue weighted by atomic mass is 35.5. The minimum absolute atomic E-state index is 0.186. The second kappa shape index (κ2) is 8.41. The predicted octanol–water partition coefficient (Wildman–Crippen LogP) is 4.91. The molecule has 1 aliphatic heterocycles. The predicted molar refractivity (Wildman–Crippen MR) is 113 cm³/mol. The van der Waals surface area contributed by atoms with Crippen molar-refractivity contribution in [3.63, 3.8) is 0 Å². The lowest BCUT2D eigenvalue weighted by atomic mass is 9.94. The third-order valence-electron chi connectivity index (χ3n) is 4.79. The molecule has 3 rings (SSSR count). The van der Waals surface area contributed by atoms with Gasteiger partial charge in [-0.15, -0.1) is 0 Å². The number of anilines is 1. The Morgan fingerprint density at radius 2 is 1.64 bits per heavy atom. The Hall–Kier alpha value is -1.60. The molecule has 2 atom stereocenters. The van der Waals surface area contributed by atoms with Gasteiger partial charge in [0.25, 0.3) is 5.91 Å². The van der Waals surface area contributed by atoms with Crippen molar-refractivity contribution in [2.45, 2.75) is 25.2 Å². The molecule has 1 heterocycles. The number of carbonyl (C=O) groups is 1. The Morgan fingerprint density at radius 3 is 2.25 bits per heavy atom. The van der Waals surface area contributed by atoms with E-state index in [4.69, 9.17) is 23.2 Å². The third-order valence-corrected chi connectivity index (χ3v) is 7.45. The smallest absolute Gasteiger partial charge is 0.255 e. The number of rotatable bonds is 4. The van der Waals surface area contributed by atoms with Crippen LogP contribution in [-0.4, -0.2) is 31.7 Å². The molecule has 5 nitrogen and oxygen atoms in total. The molecule has 150 valence electrons. The van der Waals surface area contributed by atoms with Crippen molar-refractivity contribution in [1.29, 1.82) is 0 Å². The van der Waals surface area contributed by atoms with Crippen LogP contribution >= 0.6 is 23.2 Å². The van der Waals surface area contributed by atoms with Crippen LogP contribution in [-0.2, 0) is 10.0 Å². The number of sulfonamides is 1. The molecule has 0 aromatic heterocycles.